The van der Waals surface area contributed by atoms with Crippen molar-refractivity contribution in [2.45, 2.75) is 25.3 Å². The summed E-state index contributed by atoms with van der Waals surface area (Å²) < 4.78 is 0. The molecule has 1 aliphatic rings. The minimum absolute atomic E-state index is 0.309. The number of phenols is 1. The maximum atomic E-state index is 9.64. The van der Waals surface area contributed by atoms with Crippen LogP contribution in [0.15, 0.2) is 48.5 Å². The number of nitrogens with one attached hydrogen (secondary N) is 1. The number of benzene rings is 2. The molecular weight excluding hydrogens is 222 g/mol. The van der Waals surface area contributed by atoms with Crippen LogP contribution in [0.3, 0.4) is 0 Å². The fourth-order valence-electron chi connectivity index (χ4n) is 2.67. The molecule has 0 bridgehead atoms. The van der Waals surface area contributed by atoms with Gasteiger partial charge in [-0.3, -0.25) is 0 Å². The van der Waals surface area contributed by atoms with E-state index in [4.69, 9.17) is 0 Å². The van der Waals surface area contributed by atoms with Crippen molar-refractivity contribution in [2.24, 2.45) is 0 Å². The summed E-state index contributed by atoms with van der Waals surface area (Å²) >= 11 is 0. The Morgan fingerprint density at radius 3 is 2.72 bits per heavy atom. The van der Waals surface area contributed by atoms with Gasteiger partial charge in [-0.15, -0.1) is 0 Å². The average Bonchev–Trinajstić information content (AvgIpc) is 2.41. The number of anilines is 1. The van der Waals surface area contributed by atoms with Crippen molar-refractivity contribution in [2.75, 3.05) is 5.32 Å². The Hall–Kier alpha value is -1.96. The molecule has 0 radical (unpaired) electrons. The molecule has 0 spiro atoms. The molecule has 18 heavy (non-hydrogen) atoms. The number of fused-ring (bicyclic) bond motifs is 1. The Morgan fingerprint density at radius 2 is 1.89 bits per heavy atom. The maximum absolute atomic E-state index is 9.64. The van der Waals surface area contributed by atoms with E-state index in [-0.39, 0.29) is 0 Å². The van der Waals surface area contributed by atoms with Gasteiger partial charge in [0.25, 0.3) is 0 Å². The van der Waals surface area contributed by atoms with Gasteiger partial charge in [-0.05, 0) is 54.7 Å². The summed E-state index contributed by atoms with van der Waals surface area (Å²) in [6.07, 6.45) is 3.43. The maximum Gasteiger partial charge on any atom is 0.115 e. The molecule has 0 amide bonds. The van der Waals surface area contributed by atoms with Crippen molar-refractivity contribution < 1.29 is 5.11 Å². The first-order chi connectivity index (χ1) is 8.83. The quantitative estimate of drug-likeness (QED) is 0.833. The molecule has 1 aliphatic carbocycles. The molecule has 2 nitrogen and oxygen atoms in total. The summed E-state index contributed by atoms with van der Waals surface area (Å²) in [5.41, 5.74) is 3.73. The van der Waals surface area contributed by atoms with Gasteiger partial charge in [0.05, 0.1) is 6.04 Å². The third-order valence-electron chi connectivity index (χ3n) is 3.56. The normalized spacial score (nSPS) is 18.1. The Balaban J connectivity index is 1.89. The fourth-order valence-corrected chi connectivity index (χ4v) is 2.67. The number of rotatable bonds is 2. The topological polar surface area (TPSA) is 32.3 Å². The van der Waals surface area contributed by atoms with Crippen molar-refractivity contribution >= 4 is 5.69 Å². The molecule has 0 saturated heterocycles. The number of aryl methyl sites for hydroxylation is 1. The van der Waals surface area contributed by atoms with E-state index in [0.717, 1.165) is 18.5 Å². The summed E-state index contributed by atoms with van der Waals surface area (Å²) in [4.78, 5) is 0. The van der Waals surface area contributed by atoms with Crippen LogP contribution < -0.4 is 5.32 Å². The van der Waals surface area contributed by atoms with Gasteiger partial charge in [0.1, 0.15) is 5.75 Å². The molecule has 2 N–H and O–H groups in total. The highest BCUT2D eigenvalue weighted by Gasteiger charge is 2.20. The highest BCUT2D eigenvalue weighted by atomic mass is 16.3. The van der Waals surface area contributed by atoms with Crippen molar-refractivity contribution in [3.63, 3.8) is 0 Å². The molecular formula is C16H17NO. The van der Waals surface area contributed by atoms with Gasteiger partial charge in [0.2, 0.25) is 0 Å². The van der Waals surface area contributed by atoms with Gasteiger partial charge in [0.15, 0.2) is 0 Å². The van der Waals surface area contributed by atoms with Crippen LogP contribution in [-0.2, 0) is 6.42 Å². The molecule has 2 heteroatoms. The Bertz CT molecular complexity index is 536. The van der Waals surface area contributed by atoms with Gasteiger partial charge in [0, 0.05) is 5.69 Å². The first-order valence-corrected chi connectivity index (χ1v) is 6.46. The molecule has 2 aromatic carbocycles. The van der Waals surface area contributed by atoms with E-state index in [1.807, 2.05) is 30.3 Å². The zero-order valence-electron chi connectivity index (χ0n) is 10.3. The minimum atomic E-state index is 0.309. The van der Waals surface area contributed by atoms with E-state index in [2.05, 4.69) is 17.4 Å². The number of phenolic OH excluding ortho intramolecular Hbond substituents is 1. The summed E-state index contributed by atoms with van der Waals surface area (Å²) in [5.74, 6) is 0.357. The molecule has 1 unspecified atom stereocenters. The number of hydrogen-bond donors (Lipinski definition) is 2. The van der Waals surface area contributed by atoms with Crippen LogP contribution in [0.5, 0.6) is 5.75 Å². The summed E-state index contributed by atoms with van der Waals surface area (Å²) in [7, 11) is 0. The van der Waals surface area contributed by atoms with E-state index in [9.17, 15) is 5.11 Å². The van der Waals surface area contributed by atoms with Crippen LogP contribution in [-0.4, -0.2) is 5.11 Å². The van der Waals surface area contributed by atoms with Crippen LogP contribution in [0.2, 0.25) is 0 Å². The summed E-state index contributed by atoms with van der Waals surface area (Å²) in [6, 6.07) is 16.3. The lowest BCUT2D eigenvalue weighted by Crippen LogP contribution is -2.17. The van der Waals surface area contributed by atoms with E-state index in [0.29, 0.717) is 11.8 Å². The Kier molecular flexibility index (Phi) is 2.93. The van der Waals surface area contributed by atoms with Crippen molar-refractivity contribution in [1.29, 1.82) is 0 Å². The molecule has 3 rings (SSSR count). The zero-order valence-corrected chi connectivity index (χ0v) is 10.3. The van der Waals surface area contributed by atoms with E-state index < -0.39 is 0 Å². The smallest absolute Gasteiger partial charge is 0.115 e. The second-order valence-corrected chi connectivity index (χ2v) is 4.84. The van der Waals surface area contributed by atoms with E-state index >= 15 is 0 Å². The fraction of sp³-hybridized carbons (Fsp3) is 0.250. The molecule has 0 aromatic heterocycles. The Morgan fingerprint density at radius 1 is 1.06 bits per heavy atom. The number of para-hydroxylation sites is 1. The van der Waals surface area contributed by atoms with Crippen molar-refractivity contribution in [3.8, 4) is 5.75 Å². The van der Waals surface area contributed by atoms with Crippen LogP contribution >= 0.6 is 0 Å². The monoisotopic (exact) mass is 239 g/mol. The molecule has 92 valence electrons. The van der Waals surface area contributed by atoms with Crippen LogP contribution in [0, 0.1) is 0 Å². The number of hydrogen-bond acceptors (Lipinski definition) is 2. The minimum Gasteiger partial charge on any atom is -0.508 e. The van der Waals surface area contributed by atoms with Gasteiger partial charge >= 0.3 is 0 Å². The summed E-state index contributed by atoms with van der Waals surface area (Å²) in [5, 5.41) is 13.2. The molecule has 2 aromatic rings. The first kappa shape index (κ1) is 11.1. The van der Waals surface area contributed by atoms with Gasteiger partial charge in [-0.2, -0.15) is 0 Å². The highest BCUT2D eigenvalue weighted by molar-refractivity contribution is 5.48. The molecule has 1 atom stereocenters. The lowest BCUT2D eigenvalue weighted by atomic mass is 9.87. The van der Waals surface area contributed by atoms with Crippen LogP contribution in [0.1, 0.15) is 30.0 Å². The van der Waals surface area contributed by atoms with Crippen LogP contribution in [0.4, 0.5) is 5.69 Å². The first-order valence-electron chi connectivity index (χ1n) is 6.46. The Labute approximate surface area is 107 Å². The third-order valence-corrected chi connectivity index (χ3v) is 3.56. The van der Waals surface area contributed by atoms with E-state index in [1.165, 1.54) is 17.5 Å². The second-order valence-electron chi connectivity index (χ2n) is 4.84. The predicted octanol–water partition coefficient (Wildman–Crippen LogP) is 3.88. The lowest BCUT2D eigenvalue weighted by Gasteiger charge is -2.27. The molecule has 0 aliphatic heterocycles. The molecule has 0 saturated carbocycles. The van der Waals surface area contributed by atoms with Gasteiger partial charge in [-0.25, -0.2) is 0 Å². The van der Waals surface area contributed by atoms with Crippen molar-refractivity contribution in [3.05, 3.63) is 59.7 Å². The second kappa shape index (κ2) is 4.73. The van der Waals surface area contributed by atoms with E-state index in [1.54, 1.807) is 6.07 Å². The lowest BCUT2D eigenvalue weighted by molar-refractivity contribution is 0.471. The van der Waals surface area contributed by atoms with Gasteiger partial charge in [-0.1, -0.05) is 24.3 Å². The van der Waals surface area contributed by atoms with Gasteiger partial charge < -0.3 is 10.4 Å². The number of aromatic hydroxyl groups is 1. The third kappa shape index (κ3) is 2.19. The van der Waals surface area contributed by atoms with Crippen molar-refractivity contribution in [1.82, 2.24) is 0 Å². The highest BCUT2D eigenvalue weighted by Crippen LogP contribution is 2.34. The average molecular weight is 239 g/mol. The predicted molar refractivity (Wildman–Crippen MR) is 73.9 cm³/mol. The molecule has 0 heterocycles. The summed E-state index contributed by atoms with van der Waals surface area (Å²) in [6.45, 7) is 0. The van der Waals surface area contributed by atoms with Crippen LogP contribution in [0.25, 0.3) is 0 Å². The largest absolute Gasteiger partial charge is 0.508 e. The zero-order chi connectivity index (χ0) is 12.4. The standard InChI is InChI=1S/C16H17NO/c18-14-10-9-12-5-4-8-16(15(12)11-14)17-13-6-2-1-3-7-13/h1-3,6-7,9-11,16-18H,4-5,8H2. The SMILES string of the molecule is Oc1ccc2c(c1)C(Nc1ccccc1)CCC2. The molecule has 0 fully saturated rings.